The first-order valence-electron chi connectivity index (χ1n) is 16.3. The van der Waals surface area contributed by atoms with E-state index in [4.69, 9.17) is 25.7 Å². The number of anilines is 1. The van der Waals surface area contributed by atoms with Gasteiger partial charge in [0.05, 0.1) is 18.7 Å². The zero-order valence-corrected chi connectivity index (χ0v) is 28.3. The molecule has 1 aromatic heterocycles. The lowest BCUT2D eigenvalue weighted by molar-refractivity contribution is -0.127. The molecule has 0 saturated heterocycles. The number of ketones is 1. The van der Waals surface area contributed by atoms with Crippen molar-refractivity contribution in [3.8, 4) is 5.75 Å². The van der Waals surface area contributed by atoms with Crippen LogP contribution in [0.2, 0.25) is 0 Å². The lowest BCUT2D eigenvalue weighted by Crippen LogP contribution is -2.38. The molecule has 0 bridgehead atoms. The van der Waals surface area contributed by atoms with Crippen molar-refractivity contribution in [1.82, 2.24) is 9.88 Å². The van der Waals surface area contributed by atoms with Gasteiger partial charge in [-0.1, -0.05) is 56.3 Å². The van der Waals surface area contributed by atoms with E-state index >= 15 is 0 Å². The van der Waals surface area contributed by atoms with Crippen molar-refractivity contribution in [2.75, 3.05) is 19.0 Å². The maximum Gasteiger partial charge on any atom is 0.419 e. The Morgan fingerprint density at radius 2 is 1.58 bits per heavy atom. The summed E-state index contributed by atoms with van der Waals surface area (Å²) in [6, 6.07) is 21.6. The number of esters is 1. The first-order valence-corrected chi connectivity index (χ1v) is 16.3. The number of nitrogens with zero attached hydrogens (tertiary/aromatic N) is 1. The number of nitrogens with one attached hydrogen (secondary N) is 2. The van der Waals surface area contributed by atoms with Crippen molar-refractivity contribution >= 4 is 46.4 Å². The minimum absolute atomic E-state index is 0.00133. The lowest BCUT2D eigenvalue weighted by Gasteiger charge is -2.20. The van der Waals surface area contributed by atoms with Gasteiger partial charge >= 0.3 is 18.1 Å². The molecular formula is C37H43N5O8. The van der Waals surface area contributed by atoms with Crippen LogP contribution in [0.25, 0.3) is 10.9 Å². The normalized spacial score (nSPS) is 12.2. The van der Waals surface area contributed by atoms with Crippen molar-refractivity contribution in [2.45, 2.75) is 52.4 Å². The molecule has 0 aliphatic carbocycles. The zero-order chi connectivity index (χ0) is 36.2. The largest absolute Gasteiger partial charge is 0.489 e. The summed E-state index contributed by atoms with van der Waals surface area (Å²) in [4.78, 5) is 63.0. The predicted molar refractivity (Wildman–Crippen MR) is 187 cm³/mol. The third kappa shape index (κ3) is 10.2. The summed E-state index contributed by atoms with van der Waals surface area (Å²) in [5, 5.41) is 5.93. The summed E-state index contributed by atoms with van der Waals surface area (Å²) in [6.45, 7) is 4.13. The molecule has 0 radical (unpaired) electrons. The van der Waals surface area contributed by atoms with Gasteiger partial charge in [-0.2, -0.15) is 0 Å². The molecule has 4 aromatic rings. The Bertz CT molecular complexity index is 1800. The van der Waals surface area contributed by atoms with Gasteiger partial charge in [0.1, 0.15) is 24.7 Å². The number of ether oxygens (including phenoxy) is 3. The summed E-state index contributed by atoms with van der Waals surface area (Å²) in [6.07, 6.45) is -0.0703. The maximum absolute atomic E-state index is 13.4. The molecule has 4 rings (SSSR count). The molecule has 3 amide bonds. The number of carbonyl (C=O) groups excluding carboxylic acids is 5. The van der Waals surface area contributed by atoms with Gasteiger partial charge in [0, 0.05) is 36.0 Å². The zero-order valence-electron chi connectivity index (χ0n) is 28.3. The molecule has 6 N–H and O–H groups in total. The molecular weight excluding hydrogens is 642 g/mol. The number of rotatable bonds is 16. The monoisotopic (exact) mass is 685 g/mol. The Hall–Kier alpha value is -5.69. The molecule has 2 atom stereocenters. The topological polar surface area (TPSA) is 194 Å². The quantitative estimate of drug-likeness (QED) is 0.0913. The number of fused-ring (bicyclic) bond motifs is 1. The third-order valence-electron chi connectivity index (χ3n) is 8.12. The molecule has 0 spiro atoms. The second kappa shape index (κ2) is 17.6. The first kappa shape index (κ1) is 37.1. The lowest BCUT2D eigenvalue weighted by atomic mass is 9.90. The van der Waals surface area contributed by atoms with E-state index in [0.29, 0.717) is 47.4 Å². The van der Waals surface area contributed by atoms with Crippen LogP contribution >= 0.6 is 0 Å². The number of aromatic nitrogens is 1. The molecule has 0 saturated carbocycles. The standard InChI is InChI=1S/C37H43N5O8/c1-23(2)33(38)32(43)19-27(10-7-17-40-36(39)46)34(44)41-28-14-11-25(12-15-28)22-50-37(47)42-30-20-29(49-21-24-8-5-4-6-9-24)16-13-26(30)18-31(42)35(45)48-3/h4-6,8-9,11-16,18,20,23,27,33H,7,10,17,19,21-22,38H2,1-3H3,(H,41,44)(H3,39,40,46)/t27-,33+/m1/s1. The number of amides is 3. The summed E-state index contributed by atoms with van der Waals surface area (Å²) < 4.78 is 17.6. The van der Waals surface area contributed by atoms with Gasteiger partial charge in [0.15, 0.2) is 5.78 Å². The van der Waals surface area contributed by atoms with Gasteiger partial charge < -0.3 is 36.3 Å². The minimum Gasteiger partial charge on any atom is -0.489 e. The van der Waals surface area contributed by atoms with Crippen molar-refractivity contribution in [2.24, 2.45) is 23.3 Å². The van der Waals surface area contributed by atoms with E-state index in [1.807, 2.05) is 44.2 Å². The number of nitrogens with two attached hydrogens (primary N) is 2. The molecule has 264 valence electrons. The Morgan fingerprint density at radius 3 is 2.24 bits per heavy atom. The average molecular weight is 686 g/mol. The van der Waals surface area contributed by atoms with Crippen LogP contribution in [0, 0.1) is 11.8 Å². The molecule has 0 aliphatic heterocycles. The van der Waals surface area contributed by atoms with Crippen LogP contribution in [0.3, 0.4) is 0 Å². The minimum atomic E-state index is -0.795. The summed E-state index contributed by atoms with van der Waals surface area (Å²) in [7, 11) is 1.23. The van der Waals surface area contributed by atoms with Crippen LogP contribution < -0.4 is 26.8 Å². The van der Waals surface area contributed by atoms with E-state index in [0.717, 1.165) is 10.1 Å². The highest BCUT2D eigenvalue weighted by Gasteiger charge is 2.27. The van der Waals surface area contributed by atoms with Crippen molar-refractivity contribution < 1.29 is 38.2 Å². The number of hydrogen-bond donors (Lipinski definition) is 4. The van der Waals surface area contributed by atoms with Crippen molar-refractivity contribution in [3.63, 3.8) is 0 Å². The summed E-state index contributed by atoms with van der Waals surface area (Å²) in [5.41, 5.74) is 13.6. The Balaban J connectivity index is 1.42. The smallest absolute Gasteiger partial charge is 0.419 e. The van der Waals surface area contributed by atoms with Gasteiger partial charge in [0.2, 0.25) is 5.91 Å². The van der Waals surface area contributed by atoms with Gasteiger partial charge in [0.25, 0.3) is 0 Å². The molecule has 0 fully saturated rings. The van der Waals surface area contributed by atoms with Crippen LogP contribution in [0.5, 0.6) is 5.75 Å². The maximum atomic E-state index is 13.4. The molecule has 1 heterocycles. The first-order chi connectivity index (χ1) is 24.0. The number of Topliss-reactive ketones (excluding diaryl/α,β-unsaturated/α-hetero) is 1. The number of benzene rings is 3. The molecule has 0 aliphatic rings. The average Bonchev–Trinajstić information content (AvgIpc) is 3.50. The van der Waals surface area contributed by atoms with E-state index in [2.05, 4.69) is 10.6 Å². The number of hydrogen-bond acceptors (Lipinski definition) is 9. The van der Waals surface area contributed by atoms with Gasteiger partial charge in [-0.05, 0) is 60.2 Å². The highest BCUT2D eigenvalue weighted by molar-refractivity contribution is 6.02. The fourth-order valence-electron chi connectivity index (χ4n) is 5.24. The van der Waals surface area contributed by atoms with E-state index in [9.17, 15) is 24.0 Å². The molecule has 0 unspecified atom stereocenters. The van der Waals surface area contributed by atoms with Crippen LogP contribution in [0.4, 0.5) is 15.3 Å². The van der Waals surface area contributed by atoms with Gasteiger partial charge in [-0.15, -0.1) is 0 Å². The molecule has 50 heavy (non-hydrogen) atoms. The highest BCUT2D eigenvalue weighted by Crippen LogP contribution is 2.27. The Kier molecular flexibility index (Phi) is 13.1. The highest BCUT2D eigenvalue weighted by atomic mass is 16.6. The van der Waals surface area contributed by atoms with Crippen LogP contribution in [0.1, 0.15) is 54.7 Å². The van der Waals surface area contributed by atoms with Crippen molar-refractivity contribution in [3.05, 3.63) is 95.7 Å². The predicted octanol–water partition coefficient (Wildman–Crippen LogP) is 5.14. The Labute approximate surface area is 290 Å². The molecule has 13 nitrogen and oxygen atoms in total. The van der Waals surface area contributed by atoms with E-state index < -0.39 is 30.1 Å². The molecule has 3 aromatic carbocycles. The number of carbonyl (C=O) groups is 5. The number of urea groups is 1. The van der Waals surface area contributed by atoms with Crippen molar-refractivity contribution in [1.29, 1.82) is 0 Å². The summed E-state index contributed by atoms with van der Waals surface area (Å²) in [5.74, 6) is -1.55. The van der Waals surface area contributed by atoms with Crippen LogP contribution in [0.15, 0.2) is 78.9 Å². The van der Waals surface area contributed by atoms with Crippen LogP contribution in [-0.2, 0) is 32.3 Å². The van der Waals surface area contributed by atoms with E-state index in [1.54, 1.807) is 48.5 Å². The number of methoxy groups -OCH3 is 1. The third-order valence-corrected chi connectivity index (χ3v) is 8.12. The Morgan fingerprint density at radius 1 is 0.880 bits per heavy atom. The summed E-state index contributed by atoms with van der Waals surface area (Å²) >= 11 is 0. The van der Waals surface area contributed by atoms with Gasteiger partial charge in [-0.25, -0.2) is 19.0 Å². The number of primary amides is 1. The fourth-order valence-corrected chi connectivity index (χ4v) is 5.24. The second-order valence-corrected chi connectivity index (χ2v) is 12.2. The van der Waals surface area contributed by atoms with E-state index in [1.165, 1.54) is 7.11 Å². The fraction of sp³-hybridized carbons (Fsp3) is 0.324. The SMILES string of the molecule is COC(=O)c1cc2ccc(OCc3ccccc3)cc2n1C(=O)OCc1ccc(NC(=O)[C@H](CCCNC(N)=O)CC(=O)[C@@H](N)C(C)C)cc1. The van der Waals surface area contributed by atoms with E-state index in [-0.39, 0.29) is 42.9 Å². The van der Waals surface area contributed by atoms with Gasteiger partial charge in [-0.3, -0.25) is 9.59 Å². The second-order valence-electron chi connectivity index (χ2n) is 12.2. The molecule has 13 heteroatoms. The van der Waals surface area contributed by atoms with Crippen LogP contribution in [-0.4, -0.2) is 54.0 Å².